The largest absolute Gasteiger partial charge is 0.433 e. The molecule has 0 radical (unpaired) electrons. The monoisotopic (exact) mass is 381 g/mol. The van der Waals surface area contributed by atoms with Crippen molar-refractivity contribution in [1.29, 1.82) is 0 Å². The Hall–Kier alpha value is -1.47. The summed E-state index contributed by atoms with van der Waals surface area (Å²) in [5.74, 6) is -1.67. The van der Waals surface area contributed by atoms with Crippen molar-refractivity contribution >= 4 is 33.3 Å². The molecule has 0 bridgehead atoms. The molecule has 0 saturated carbocycles. The predicted octanol–water partition coefficient (Wildman–Crippen LogP) is 4.89. The van der Waals surface area contributed by atoms with Gasteiger partial charge in [-0.2, -0.15) is 13.2 Å². The molecule has 2 aromatic rings. The summed E-state index contributed by atoms with van der Waals surface area (Å²) in [5.41, 5.74) is -1.84. The SMILES string of the molecule is O=C(c1ccc(C(F)(F)F)nc1Cl)c1cccc(Br)c1F. The number of alkyl halides is 3. The average molecular weight is 383 g/mol. The van der Waals surface area contributed by atoms with Gasteiger partial charge in [0.15, 0.2) is 5.78 Å². The van der Waals surface area contributed by atoms with Crippen molar-refractivity contribution in [3.63, 3.8) is 0 Å². The van der Waals surface area contributed by atoms with Crippen LogP contribution in [0.15, 0.2) is 34.8 Å². The number of ketones is 1. The maximum atomic E-state index is 13.8. The van der Waals surface area contributed by atoms with Crippen LogP contribution in [0.2, 0.25) is 5.15 Å². The van der Waals surface area contributed by atoms with E-state index >= 15 is 0 Å². The Bertz CT molecular complexity index is 718. The van der Waals surface area contributed by atoms with Crippen molar-refractivity contribution in [2.24, 2.45) is 0 Å². The molecule has 0 amide bonds. The minimum Gasteiger partial charge on any atom is -0.288 e. The van der Waals surface area contributed by atoms with E-state index in [0.29, 0.717) is 6.07 Å². The molecule has 0 unspecified atom stereocenters. The molecule has 2 nitrogen and oxygen atoms in total. The summed E-state index contributed by atoms with van der Waals surface area (Å²) in [6, 6.07) is 5.51. The van der Waals surface area contributed by atoms with Gasteiger partial charge < -0.3 is 0 Å². The van der Waals surface area contributed by atoms with Crippen molar-refractivity contribution in [1.82, 2.24) is 4.98 Å². The van der Waals surface area contributed by atoms with Gasteiger partial charge in [-0.1, -0.05) is 17.7 Å². The Morgan fingerprint density at radius 2 is 1.81 bits per heavy atom. The van der Waals surface area contributed by atoms with Crippen LogP contribution in [-0.2, 0) is 6.18 Å². The van der Waals surface area contributed by atoms with Gasteiger partial charge in [-0.15, -0.1) is 0 Å². The Labute approximate surface area is 129 Å². The van der Waals surface area contributed by atoms with Gasteiger partial charge in [0.1, 0.15) is 16.7 Å². The molecule has 1 aromatic carbocycles. The molecular formula is C13H5BrClF4NO. The molecule has 110 valence electrons. The maximum absolute atomic E-state index is 13.8. The standard InChI is InChI=1S/C13H5BrClF4NO/c14-8-3-1-2-6(10(8)16)11(21)7-4-5-9(13(17,18)19)20-12(7)15/h1-5H. The van der Waals surface area contributed by atoms with Crippen LogP contribution in [0.4, 0.5) is 17.6 Å². The molecule has 0 spiro atoms. The third-order valence-corrected chi connectivity index (χ3v) is 3.48. The van der Waals surface area contributed by atoms with E-state index in [0.717, 1.165) is 6.07 Å². The molecule has 0 fully saturated rings. The molecule has 1 aromatic heterocycles. The van der Waals surface area contributed by atoms with Crippen LogP contribution < -0.4 is 0 Å². The van der Waals surface area contributed by atoms with E-state index in [2.05, 4.69) is 20.9 Å². The number of benzene rings is 1. The molecule has 0 aliphatic heterocycles. The van der Waals surface area contributed by atoms with Gasteiger partial charge in [0, 0.05) is 0 Å². The van der Waals surface area contributed by atoms with Crippen molar-refractivity contribution in [2.45, 2.75) is 6.18 Å². The molecular weight excluding hydrogens is 377 g/mol. The second-order valence-corrected chi connectivity index (χ2v) is 5.18. The van der Waals surface area contributed by atoms with Crippen molar-refractivity contribution in [3.05, 3.63) is 62.6 Å². The Morgan fingerprint density at radius 1 is 1.14 bits per heavy atom. The molecule has 1 heterocycles. The van der Waals surface area contributed by atoms with Crippen LogP contribution in [-0.4, -0.2) is 10.8 Å². The number of aromatic nitrogens is 1. The first-order chi connectivity index (χ1) is 9.71. The van der Waals surface area contributed by atoms with E-state index in [1.165, 1.54) is 18.2 Å². The van der Waals surface area contributed by atoms with Crippen LogP contribution in [0, 0.1) is 5.82 Å². The molecule has 2 rings (SSSR count). The van der Waals surface area contributed by atoms with Gasteiger partial charge in [-0.3, -0.25) is 4.79 Å². The molecule has 0 aliphatic rings. The number of pyridine rings is 1. The van der Waals surface area contributed by atoms with Crippen LogP contribution in [0.1, 0.15) is 21.6 Å². The first-order valence-electron chi connectivity index (χ1n) is 5.44. The van der Waals surface area contributed by atoms with E-state index in [4.69, 9.17) is 11.6 Å². The predicted molar refractivity (Wildman–Crippen MR) is 71.8 cm³/mol. The van der Waals surface area contributed by atoms with Gasteiger partial charge in [-0.25, -0.2) is 9.37 Å². The van der Waals surface area contributed by atoms with Gasteiger partial charge in [0.05, 0.1) is 15.6 Å². The zero-order valence-corrected chi connectivity index (χ0v) is 12.4. The number of rotatable bonds is 2. The van der Waals surface area contributed by atoms with E-state index < -0.39 is 28.6 Å². The normalized spacial score (nSPS) is 11.5. The van der Waals surface area contributed by atoms with Gasteiger partial charge in [0.2, 0.25) is 0 Å². The summed E-state index contributed by atoms with van der Waals surface area (Å²) in [4.78, 5) is 15.3. The van der Waals surface area contributed by atoms with Crippen molar-refractivity contribution < 1.29 is 22.4 Å². The number of hydrogen-bond acceptors (Lipinski definition) is 2. The lowest BCUT2D eigenvalue weighted by Crippen LogP contribution is -2.11. The van der Waals surface area contributed by atoms with Gasteiger partial charge in [0.25, 0.3) is 0 Å². The van der Waals surface area contributed by atoms with Crippen molar-refractivity contribution in [3.8, 4) is 0 Å². The summed E-state index contributed by atoms with van der Waals surface area (Å²) < 4.78 is 51.3. The minimum atomic E-state index is -4.67. The molecule has 21 heavy (non-hydrogen) atoms. The van der Waals surface area contributed by atoms with Crippen LogP contribution in [0.25, 0.3) is 0 Å². The van der Waals surface area contributed by atoms with Crippen LogP contribution in [0.5, 0.6) is 0 Å². The lowest BCUT2D eigenvalue weighted by atomic mass is 10.0. The van der Waals surface area contributed by atoms with E-state index in [9.17, 15) is 22.4 Å². The number of nitrogens with zero attached hydrogens (tertiary/aromatic N) is 1. The lowest BCUT2D eigenvalue weighted by molar-refractivity contribution is -0.141. The van der Waals surface area contributed by atoms with Crippen LogP contribution >= 0.6 is 27.5 Å². The maximum Gasteiger partial charge on any atom is 0.433 e. The summed E-state index contributed by atoms with van der Waals surface area (Å²) in [7, 11) is 0. The van der Waals surface area contributed by atoms with E-state index in [1.54, 1.807) is 0 Å². The minimum absolute atomic E-state index is 0.0596. The number of carbonyl (C=O) groups excluding carboxylic acids is 1. The number of hydrogen-bond donors (Lipinski definition) is 0. The fourth-order valence-electron chi connectivity index (χ4n) is 1.59. The topological polar surface area (TPSA) is 30.0 Å². The highest BCUT2D eigenvalue weighted by Crippen LogP contribution is 2.30. The number of carbonyl (C=O) groups is 1. The Balaban J connectivity index is 2.48. The third-order valence-electron chi connectivity index (χ3n) is 2.58. The Kier molecular flexibility index (Phi) is 4.34. The van der Waals surface area contributed by atoms with E-state index in [-0.39, 0.29) is 15.6 Å². The summed E-state index contributed by atoms with van der Waals surface area (Å²) in [6.45, 7) is 0. The molecule has 0 aliphatic carbocycles. The molecule has 8 heteroatoms. The highest BCUT2D eigenvalue weighted by molar-refractivity contribution is 9.10. The first-order valence-corrected chi connectivity index (χ1v) is 6.61. The Morgan fingerprint density at radius 3 is 2.38 bits per heavy atom. The summed E-state index contributed by atoms with van der Waals surface area (Å²) in [6.07, 6.45) is -4.67. The zero-order valence-electron chi connectivity index (χ0n) is 10.0. The first kappa shape index (κ1) is 15.9. The fraction of sp³-hybridized carbons (Fsp3) is 0.0769. The van der Waals surface area contributed by atoms with Crippen LogP contribution in [0.3, 0.4) is 0 Å². The summed E-state index contributed by atoms with van der Waals surface area (Å²) in [5, 5.41) is -0.630. The summed E-state index contributed by atoms with van der Waals surface area (Å²) >= 11 is 8.52. The highest BCUT2D eigenvalue weighted by atomic mass is 79.9. The van der Waals surface area contributed by atoms with Crippen molar-refractivity contribution in [2.75, 3.05) is 0 Å². The second-order valence-electron chi connectivity index (χ2n) is 3.96. The third kappa shape index (κ3) is 3.24. The van der Waals surface area contributed by atoms with Gasteiger partial charge >= 0.3 is 6.18 Å². The quantitative estimate of drug-likeness (QED) is 0.421. The molecule has 0 saturated heterocycles. The number of halogens is 6. The van der Waals surface area contributed by atoms with E-state index in [1.807, 2.05) is 0 Å². The highest BCUT2D eigenvalue weighted by Gasteiger charge is 2.33. The van der Waals surface area contributed by atoms with Gasteiger partial charge in [-0.05, 0) is 40.2 Å². The lowest BCUT2D eigenvalue weighted by Gasteiger charge is -2.09. The molecule has 0 N–H and O–H groups in total. The average Bonchev–Trinajstić information content (AvgIpc) is 2.40. The zero-order chi connectivity index (χ0) is 15.8. The smallest absolute Gasteiger partial charge is 0.288 e. The fourth-order valence-corrected chi connectivity index (χ4v) is 2.19. The molecule has 0 atom stereocenters. The second kappa shape index (κ2) is 5.73.